The van der Waals surface area contributed by atoms with Crippen molar-refractivity contribution in [1.29, 1.82) is 0 Å². The Kier molecular flexibility index (Phi) is 9.78. The van der Waals surface area contributed by atoms with Gasteiger partial charge in [0.15, 0.2) is 5.78 Å². The van der Waals surface area contributed by atoms with Crippen LogP contribution in [0.25, 0.3) is 0 Å². The number of halogens is 5. The molecule has 0 bridgehead atoms. The van der Waals surface area contributed by atoms with Crippen LogP contribution >= 0.6 is 35.0 Å². The van der Waals surface area contributed by atoms with Crippen LogP contribution in [-0.2, 0) is 15.8 Å². The van der Waals surface area contributed by atoms with Gasteiger partial charge in [-0.3, -0.25) is 4.79 Å². The van der Waals surface area contributed by atoms with Crippen LogP contribution in [0.3, 0.4) is 0 Å². The smallest absolute Gasteiger partial charge is 0.417 e. The number of thioether (sulfide) groups is 1. The Morgan fingerprint density at radius 3 is 2.74 bits per heavy atom. The van der Waals surface area contributed by atoms with Crippen molar-refractivity contribution in [1.82, 2.24) is 0 Å². The zero-order valence-corrected chi connectivity index (χ0v) is 19.0. The van der Waals surface area contributed by atoms with Crippen molar-refractivity contribution in [2.75, 3.05) is 12.4 Å². The van der Waals surface area contributed by atoms with Crippen LogP contribution in [0.2, 0.25) is 5.02 Å². The molecular weight excluding hydrogens is 474 g/mol. The molecule has 1 aliphatic rings. The lowest BCUT2D eigenvalue weighted by molar-refractivity contribution is -0.137. The maximum atomic E-state index is 13.0. The number of allylic oxidation sites excluding steroid dienone is 2. The summed E-state index contributed by atoms with van der Waals surface area (Å²) in [5.41, 5.74) is 0.987. The predicted octanol–water partition coefficient (Wildman–Crippen LogP) is 7.17. The summed E-state index contributed by atoms with van der Waals surface area (Å²) in [5, 5.41) is 14.0. The first-order valence-corrected chi connectivity index (χ1v) is 11.4. The van der Waals surface area contributed by atoms with E-state index in [1.54, 1.807) is 13.0 Å². The molecular formula is C21H22Cl2F3NO3S. The van der Waals surface area contributed by atoms with Crippen molar-refractivity contribution in [3.05, 3.63) is 51.7 Å². The van der Waals surface area contributed by atoms with Gasteiger partial charge in [-0.25, -0.2) is 0 Å². The number of ketones is 1. The molecule has 0 radical (unpaired) electrons. The Bertz CT molecular complexity index is 885. The third kappa shape index (κ3) is 7.47. The largest absolute Gasteiger partial charge is 0.511 e. The number of Topliss-reactive ketones (excluding diaryl/α,β-unsaturated/α-hetero) is 1. The van der Waals surface area contributed by atoms with Gasteiger partial charge in [-0.2, -0.15) is 13.2 Å². The van der Waals surface area contributed by atoms with Gasteiger partial charge in [0.05, 0.1) is 21.9 Å². The summed E-state index contributed by atoms with van der Waals surface area (Å²) in [6, 6.07) is 3.79. The van der Waals surface area contributed by atoms with Gasteiger partial charge < -0.3 is 9.94 Å². The number of rotatable bonds is 9. The molecule has 1 unspecified atom stereocenters. The molecule has 0 aromatic heterocycles. The molecule has 2 rings (SSSR count). The maximum Gasteiger partial charge on any atom is 0.417 e. The van der Waals surface area contributed by atoms with Crippen LogP contribution in [-0.4, -0.2) is 29.0 Å². The fourth-order valence-corrected chi connectivity index (χ4v) is 4.49. The molecule has 1 aliphatic carbocycles. The highest BCUT2D eigenvalue weighted by atomic mass is 35.5. The van der Waals surface area contributed by atoms with E-state index in [0.29, 0.717) is 35.6 Å². The fraction of sp³-hybridized carbons (Fsp3) is 0.429. The van der Waals surface area contributed by atoms with Gasteiger partial charge in [-0.1, -0.05) is 35.3 Å². The second-order valence-corrected chi connectivity index (χ2v) is 8.67. The van der Waals surface area contributed by atoms with Crippen LogP contribution in [0.15, 0.2) is 51.2 Å². The van der Waals surface area contributed by atoms with E-state index < -0.39 is 11.7 Å². The fourth-order valence-electron chi connectivity index (χ4n) is 3.14. The van der Waals surface area contributed by atoms with Crippen molar-refractivity contribution in [3.63, 3.8) is 0 Å². The topological polar surface area (TPSA) is 58.9 Å². The minimum atomic E-state index is -4.51. The lowest BCUT2D eigenvalue weighted by Gasteiger charge is -2.23. The van der Waals surface area contributed by atoms with E-state index in [1.807, 2.05) is 0 Å². The molecule has 4 nitrogen and oxygen atoms in total. The van der Waals surface area contributed by atoms with E-state index >= 15 is 0 Å². The zero-order chi connectivity index (χ0) is 23.0. The third-order valence-electron chi connectivity index (χ3n) is 4.62. The molecule has 0 heterocycles. The van der Waals surface area contributed by atoms with Crippen molar-refractivity contribution >= 4 is 46.5 Å². The van der Waals surface area contributed by atoms with Crippen LogP contribution in [0, 0.1) is 5.92 Å². The number of oxime groups is 1. The van der Waals surface area contributed by atoms with Crippen molar-refractivity contribution < 1.29 is 27.9 Å². The Morgan fingerprint density at radius 1 is 1.39 bits per heavy atom. The number of aliphatic hydroxyl groups is 1. The first-order chi connectivity index (χ1) is 14.7. The second kappa shape index (κ2) is 11.8. The van der Waals surface area contributed by atoms with Crippen LogP contribution in [0.1, 0.15) is 38.2 Å². The minimum Gasteiger partial charge on any atom is -0.511 e. The van der Waals surface area contributed by atoms with Gasteiger partial charge in [-0.15, -0.1) is 11.8 Å². The Balaban J connectivity index is 1.98. The van der Waals surface area contributed by atoms with E-state index in [0.717, 1.165) is 6.07 Å². The van der Waals surface area contributed by atoms with Gasteiger partial charge >= 0.3 is 6.18 Å². The Hall–Kier alpha value is -1.64. The van der Waals surface area contributed by atoms with Gasteiger partial charge in [-0.05, 0) is 48.8 Å². The van der Waals surface area contributed by atoms with Gasteiger partial charge in [0.25, 0.3) is 0 Å². The van der Waals surface area contributed by atoms with Gasteiger partial charge in [0, 0.05) is 23.3 Å². The molecule has 1 atom stereocenters. The van der Waals surface area contributed by atoms with E-state index in [9.17, 15) is 23.1 Å². The van der Waals surface area contributed by atoms with Crippen molar-refractivity contribution in [2.45, 2.75) is 43.7 Å². The molecule has 1 aromatic rings. The van der Waals surface area contributed by atoms with Crippen LogP contribution in [0.4, 0.5) is 13.2 Å². The first-order valence-electron chi connectivity index (χ1n) is 9.56. The Labute approximate surface area is 193 Å². The lowest BCUT2D eigenvalue weighted by atomic mass is 9.83. The molecule has 0 saturated heterocycles. The van der Waals surface area contributed by atoms with Gasteiger partial charge in [0.1, 0.15) is 12.4 Å². The SMILES string of the molecule is CCC(=NOCC=CCl)C1=C(O)CC(CCSc2ccc(Cl)c(C(F)(F)F)c2)CC1=O. The highest BCUT2D eigenvalue weighted by molar-refractivity contribution is 7.99. The van der Waals surface area contributed by atoms with Crippen LogP contribution < -0.4 is 0 Å². The summed E-state index contributed by atoms with van der Waals surface area (Å²) in [6.45, 7) is 1.95. The molecule has 0 spiro atoms. The minimum absolute atomic E-state index is 0.0332. The molecule has 0 saturated carbocycles. The molecule has 0 amide bonds. The average Bonchev–Trinajstić information content (AvgIpc) is 2.69. The first kappa shape index (κ1) is 25.6. The highest BCUT2D eigenvalue weighted by Gasteiger charge is 2.33. The van der Waals surface area contributed by atoms with Gasteiger partial charge in [0.2, 0.25) is 0 Å². The number of benzene rings is 1. The number of hydrogen-bond acceptors (Lipinski definition) is 5. The Morgan fingerprint density at radius 2 is 2.13 bits per heavy atom. The summed E-state index contributed by atoms with van der Waals surface area (Å²) in [5.74, 6) is 0.148. The normalized spacial score (nSPS) is 18.2. The number of aliphatic hydroxyl groups excluding tert-OH is 1. The zero-order valence-electron chi connectivity index (χ0n) is 16.7. The highest BCUT2D eigenvalue weighted by Crippen LogP contribution is 2.38. The summed E-state index contributed by atoms with van der Waals surface area (Å²) in [4.78, 5) is 18.1. The van der Waals surface area contributed by atoms with E-state index in [-0.39, 0.29) is 41.1 Å². The summed E-state index contributed by atoms with van der Waals surface area (Å²) in [7, 11) is 0. The third-order valence-corrected chi connectivity index (χ3v) is 6.15. The molecule has 170 valence electrons. The predicted molar refractivity (Wildman–Crippen MR) is 118 cm³/mol. The molecule has 10 heteroatoms. The maximum absolute atomic E-state index is 13.0. The van der Waals surface area contributed by atoms with Crippen LogP contribution in [0.5, 0.6) is 0 Å². The van der Waals surface area contributed by atoms with Crippen molar-refractivity contribution in [2.24, 2.45) is 11.1 Å². The number of carbonyl (C=O) groups is 1. The average molecular weight is 496 g/mol. The molecule has 0 fully saturated rings. The molecule has 1 aromatic carbocycles. The number of carbonyl (C=O) groups excluding carboxylic acids is 1. The summed E-state index contributed by atoms with van der Waals surface area (Å²) in [6.07, 6.45) is -1.46. The number of alkyl halides is 3. The van der Waals surface area contributed by atoms with E-state index in [4.69, 9.17) is 28.0 Å². The lowest BCUT2D eigenvalue weighted by Crippen LogP contribution is -2.25. The molecule has 0 aliphatic heterocycles. The number of nitrogens with zero attached hydrogens (tertiary/aromatic N) is 1. The number of hydrogen-bond donors (Lipinski definition) is 1. The molecule has 31 heavy (non-hydrogen) atoms. The monoisotopic (exact) mass is 495 g/mol. The van der Waals surface area contributed by atoms with E-state index in [1.165, 1.54) is 29.4 Å². The van der Waals surface area contributed by atoms with Crippen molar-refractivity contribution in [3.8, 4) is 0 Å². The summed E-state index contributed by atoms with van der Waals surface area (Å²) < 4.78 is 38.9. The quantitative estimate of drug-likeness (QED) is 0.171. The second-order valence-electron chi connectivity index (χ2n) is 6.84. The standard InChI is InChI=1S/C21H22Cl2F3NO3S/c1-2-17(27-30-8-3-7-22)20-18(28)10-13(11-19(20)29)6-9-31-14-4-5-16(23)15(12-14)21(24,25)26/h3-5,7,12-13,28H,2,6,8-11H2,1H3. The molecule has 1 N–H and O–H groups in total. The summed E-state index contributed by atoms with van der Waals surface area (Å²) >= 11 is 12.3. The van der Waals surface area contributed by atoms with E-state index in [2.05, 4.69) is 5.16 Å².